The van der Waals surface area contributed by atoms with E-state index in [1.54, 1.807) is 0 Å². The Labute approximate surface area is 119 Å². The van der Waals surface area contributed by atoms with E-state index >= 15 is 0 Å². The Morgan fingerprint density at radius 2 is 1.95 bits per heavy atom. The maximum absolute atomic E-state index is 12.2. The van der Waals surface area contributed by atoms with Crippen molar-refractivity contribution < 1.29 is 9.21 Å². The molecule has 2 aromatic rings. The molecule has 0 fully saturated rings. The molecular weight excluding hydrogens is 252 g/mol. The van der Waals surface area contributed by atoms with Crippen molar-refractivity contribution in [2.24, 2.45) is 0 Å². The molecule has 0 spiro atoms. The third-order valence-electron chi connectivity index (χ3n) is 3.28. The smallest absolute Gasteiger partial charge is 0.241 e. The minimum Gasteiger partial charge on any atom is -0.465 e. The summed E-state index contributed by atoms with van der Waals surface area (Å²) in [7, 11) is 1.91. The maximum Gasteiger partial charge on any atom is 0.241 e. The molecule has 1 amide bonds. The van der Waals surface area contributed by atoms with Crippen LogP contribution < -0.4 is 5.32 Å². The number of carbonyl (C=O) groups excluding carboxylic acids is 1. The molecule has 1 N–H and O–H groups in total. The van der Waals surface area contributed by atoms with Gasteiger partial charge in [0.2, 0.25) is 5.91 Å². The topological polar surface area (TPSA) is 45.5 Å². The highest BCUT2D eigenvalue weighted by Gasteiger charge is 2.19. The number of amides is 1. The third-order valence-corrected chi connectivity index (χ3v) is 3.28. The predicted molar refractivity (Wildman–Crippen MR) is 79.4 cm³/mol. The Bertz CT molecular complexity index is 563. The van der Waals surface area contributed by atoms with E-state index in [1.165, 1.54) is 0 Å². The number of likely N-dealkylation sites (N-methyl/N-ethyl adjacent to an activating group) is 1. The zero-order chi connectivity index (χ0) is 14.5. The first kappa shape index (κ1) is 14.3. The molecule has 0 aliphatic rings. The van der Waals surface area contributed by atoms with Crippen molar-refractivity contribution in [1.29, 1.82) is 0 Å². The lowest BCUT2D eigenvalue weighted by Gasteiger charge is -2.22. The number of aryl methyl sites for hydroxylation is 1. The molecule has 1 atom stereocenters. The van der Waals surface area contributed by atoms with Crippen LogP contribution in [0.25, 0.3) is 0 Å². The number of nitrogens with zero attached hydrogens (tertiary/aromatic N) is 1. The number of rotatable bonds is 5. The molecule has 106 valence electrons. The van der Waals surface area contributed by atoms with Gasteiger partial charge in [-0.25, -0.2) is 0 Å². The SMILES string of the molecule is Cc1ccc(CN(C)[C@@H](C)C(=O)Nc2ccccc2)o1. The number of carbonyl (C=O) groups is 1. The Kier molecular flexibility index (Phi) is 4.58. The first-order valence-corrected chi connectivity index (χ1v) is 6.67. The standard InChI is InChI=1S/C16H20N2O2/c1-12-9-10-15(20-12)11-18(3)13(2)16(19)17-14-7-5-4-6-8-14/h4-10,13H,11H2,1-3H3,(H,17,19)/t13-/m0/s1. The van der Waals surface area contributed by atoms with Gasteiger partial charge in [-0.2, -0.15) is 0 Å². The zero-order valence-electron chi connectivity index (χ0n) is 12.1. The van der Waals surface area contributed by atoms with E-state index < -0.39 is 0 Å². The van der Waals surface area contributed by atoms with Crippen molar-refractivity contribution in [2.75, 3.05) is 12.4 Å². The summed E-state index contributed by atoms with van der Waals surface area (Å²) in [6, 6.07) is 13.1. The summed E-state index contributed by atoms with van der Waals surface area (Å²) in [4.78, 5) is 14.1. The van der Waals surface area contributed by atoms with Gasteiger partial charge in [-0.1, -0.05) is 18.2 Å². The number of para-hydroxylation sites is 1. The first-order chi connectivity index (χ1) is 9.56. The van der Waals surface area contributed by atoms with Crippen LogP contribution in [0.1, 0.15) is 18.4 Å². The molecular formula is C16H20N2O2. The van der Waals surface area contributed by atoms with E-state index in [-0.39, 0.29) is 11.9 Å². The summed E-state index contributed by atoms with van der Waals surface area (Å²) in [6.07, 6.45) is 0. The molecule has 1 heterocycles. The van der Waals surface area contributed by atoms with Crippen LogP contribution in [0.15, 0.2) is 46.9 Å². The van der Waals surface area contributed by atoms with Crippen LogP contribution in [-0.2, 0) is 11.3 Å². The molecule has 4 nitrogen and oxygen atoms in total. The molecule has 4 heteroatoms. The Hall–Kier alpha value is -2.07. The summed E-state index contributed by atoms with van der Waals surface area (Å²) >= 11 is 0. The lowest BCUT2D eigenvalue weighted by atomic mass is 10.2. The van der Waals surface area contributed by atoms with E-state index in [9.17, 15) is 4.79 Å². The lowest BCUT2D eigenvalue weighted by Crippen LogP contribution is -2.39. The van der Waals surface area contributed by atoms with Crippen molar-refractivity contribution in [1.82, 2.24) is 4.90 Å². The van der Waals surface area contributed by atoms with Crippen LogP contribution in [0.3, 0.4) is 0 Å². The van der Waals surface area contributed by atoms with Gasteiger partial charge in [-0.3, -0.25) is 9.69 Å². The summed E-state index contributed by atoms with van der Waals surface area (Å²) in [5.41, 5.74) is 0.812. The van der Waals surface area contributed by atoms with E-state index in [0.29, 0.717) is 6.54 Å². The van der Waals surface area contributed by atoms with Crippen LogP contribution in [0.2, 0.25) is 0 Å². The lowest BCUT2D eigenvalue weighted by molar-refractivity contribution is -0.120. The molecule has 0 aliphatic heterocycles. The van der Waals surface area contributed by atoms with Gasteiger partial charge in [0.05, 0.1) is 12.6 Å². The molecule has 2 rings (SSSR count). The molecule has 0 aliphatic carbocycles. The van der Waals surface area contributed by atoms with Gasteiger partial charge in [-0.15, -0.1) is 0 Å². The molecule has 0 bridgehead atoms. The van der Waals surface area contributed by atoms with Crippen molar-refractivity contribution in [3.63, 3.8) is 0 Å². The average molecular weight is 272 g/mol. The third kappa shape index (κ3) is 3.71. The summed E-state index contributed by atoms with van der Waals surface area (Å²) < 4.78 is 5.53. The Balaban J connectivity index is 1.92. The molecule has 1 aromatic heterocycles. The fourth-order valence-electron chi connectivity index (χ4n) is 1.92. The van der Waals surface area contributed by atoms with Gasteiger partial charge in [0.25, 0.3) is 0 Å². The molecule has 20 heavy (non-hydrogen) atoms. The number of benzene rings is 1. The minimum absolute atomic E-state index is 0.0259. The normalized spacial score (nSPS) is 12.4. The Morgan fingerprint density at radius 1 is 1.25 bits per heavy atom. The van der Waals surface area contributed by atoms with Crippen LogP contribution in [-0.4, -0.2) is 23.9 Å². The van der Waals surface area contributed by atoms with E-state index in [0.717, 1.165) is 17.2 Å². The molecule has 0 radical (unpaired) electrons. The highest BCUT2D eigenvalue weighted by atomic mass is 16.3. The van der Waals surface area contributed by atoms with Crippen molar-refractivity contribution in [3.05, 3.63) is 54.0 Å². The molecule has 0 unspecified atom stereocenters. The fourth-order valence-corrected chi connectivity index (χ4v) is 1.92. The fraction of sp³-hybridized carbons (Fsp3) is 0.312. The van der Waals surface area contributed by atoms with Crippen molar-refractivity contribution >= 4 is 11.6 Å². The zero-order valence-corrected chi connectivity index (χ0v) is 12.1. The van der Waals surface area contributed by atoms with Crippen LogP contribution in [0.5, 0.6) is 0 Å². The molecule has 0 saturated carbocycles. The molecule has 0 saturated heterocycles. The van der Waals surface area contributed by atoms with Crippen LogP contribution in [0.4, 0.5) is 5.69 Å². The van der Waals surface area contributed by atoms with E-state index in [1.807, 2.05) is 68.3 Å². The Morgan fingerprint density at radius 3 is 2.55 bits per heavy atom. The van der Waals surface area contributed by atoms with Gasteiger partial charge in [-0.05, 0) is 45.2 Å². The van der Waals surface area contributed by atoms with Crippen LogP contribution in [0, 0.1) is 6.92 Å². The number of hydrogen-bond acceptors (Lipinski definition) is 3. The minimum atomic E-state index is -0.236. The van der Waals surface area contributed by atoms with Gasteiger partial charge in [0.1, 0.15) is 11.5 Å². The summed E-state index contributed by atoms with van der Waals surface area (Å²) in [6.45, 7) is 4.40. The highest BCUT2D eigenvalue weighted by molar-refractivity contribution is 5.94. The number of furan rings is 1. The first-order valence-electron chi connectivity index (χ1n) is 6.67. The number of nitrogens with one attached hydrogen (secondary N) is 1. The largest absolute Gasteiger partial charge is 0.465 e. The van der Waals surface area contributed by atoms with Gasteiger partial charge in [0.15, 0.2) is 0 Å². The van der Waals surface area contributed by atoms with Gasteiger partial charge < -0.3 is 9.73 Å². The van der Waals surface area contributed by atoms with E-state index in [2.05, 4.69) is 5.32 Å². The average Bonchev–Trinajstić information content (AvgIpc) is 2.84. The second-order valence-electron chi connectivity index (χ2n) is 4.96. The summed E-state index contributed by atoms with van der Waals surface area (Å²) in [5, 5.41) is 2.90. The van der Waals surface area contributed by atoms with Gasteiger partial charge in [0, 0.05) is 5.69 Å². The van der Waals surface area contributed by atoms with E-state index in [4.69, 9.17) is 4.42 Å². The molecule has 1 aromatic carbocycles. The van der Waals surface area contributed by atoms with Gasteiger partial charge >= 0.3 is 0 Å². The number of anilines is 1. The predicted octanol–water partition coefficient (Wildman–Crippen LogP) is 3.05. The van der Waals surface area contributed by atoms with Crippen LogP contribution >= 0.6 is 0 Å². The second-order valence-corrected chi connectivity index (χ2v) is 4.96. The quantitative estimate of drug-likeness (QED) is 0.910. The summed E-state index contributed by atoms with van der Waals surface area (Å²) in [5.74, 6) is 1.72. The second kappa shape index (κ2) is 6.39. The number of hydrogen-bond donors (Lipinski definition) is 1. The highest BCUT2D eigenvalue weighted by Crippen LogP contribution is 2.12. The van der Waals surface area contributed by atoms with Crippen molar-refractivity contribution in [2.45, 2.75) is 26.4 Å². The monoisotopic (exact) mass is 272 g/mol. The van der Waals surface area contributed by atoms with Crippen molar-refractivity contribution in [3.8, 4) is 0 Å². The maximum atomic E-state index is 12.2.